The normalized spacial score (nSPS) is 12.3. The summed E-state index contributed by atoms with van der Waals surface area (Å²) < 4.78 is 2.52. The van der Waals surface area contributed by atoms with Crippen molar-refractivity contribution in [2.75, 3.05) is 4.90 Å². The highest BCUT2D eigenvalue weighted by Gasteiger charge is 2.36. The highest BCUT2D eigenvalue weighted by atomic mass is 15.1. The van der Waals surface area contributed by atoms with E-state index in [1.54, 1.807) is 0 Å². The van der Waals surface area contributed by atoms with Gasteiger partial charge in [-0.2, -0.15) is 0 Å². The van der Waals surface area contributed by atoms with E-state index in [2.05, 4.69) is 266 Å². The largest absolute Gasteiger partial charge is 0.310 e. The van der Waals surface area contributed by atoms with Crippen LogP contribution in [0.15, 0.2) is 243 Å². The van der Waals surface area contributed by atoms with Gasteiger partial charge in [-0.25, -0.2) is 0 Å². The average molecular weight is 861 g/mol. The zero-order valence-electron chi connectivity index (χ0n) is 38.5. The fourth-order valence-corrected chi connectivity index (χ4v) is 10.3. The van der Waals surface area contributed by atoms with Crippen LogP contribution in [0.2, 0.25) is 0 Å². The van der Waals surface area contributed by atoms with E-state index in [-0.39, 0.29) is 5.41 Å². The molecule has 322 valence electrons. The number of rotatable bonds is 8. The third-order valence-electron chi connectivity index (χ3n) is 13.5. The van der Waals surface area contributed by atoms with Crippen molar-refractivity contribution in [3.05, 3.63) is 254 Å². The Kier molecular flexibility index (Phi) is 10.7. The quantitative estimate of drug-likeness (QED) is 0.148. The van der Waals surface area contributed by atoms with Crippen LogP contribution in [0.4, 0.5) is 17.1 Å². The minimum Gasteiger partial charge on any atom is -0.310 e. The monoisotopic (exact) mass is 860 g/mol. The Hall–Kier alpha value is -8.20. The molecule has 12 rings (SSSR count). The standard InChI is InChI=1S/C63H46N2.C2H6/c1-63(2)58-31-17-30-56-57-41-49(32-34-60(57)65(62(56)58)61-35-33-55(42-59(61)63)64(53-26-11-5-12-27-53)54-28-13-6-14-29-54)52-39-50(47-24-15-22-45(36-47)43-18-7-3-8-19-43)38-51(40-52)48-25-16-23-46(37-48)44-20-9-4-10-21-44;1-2/h3-42H,1-2H3;1-2H3. The van der Waals surface area contributed by atoms with Crippen LogP contribution >= 0.6 is 0 Å². The van der Waals surface area contributed by atoms with Gasteiger partial charge in [-0.05, 0) is 152 Å². The zero-order valence-corrected chi connectivity index (χ0v) is 38.5. The number of nitrogens with zero attached hydrogens (tertiary/aromatic N) is 2. The molecular weight excluding hydrogens is 809 g/mol. The number of aromatic nitrogens is 1. The molecule has 0 saturated carbocycles. The molecule has 1 aromatic heterocycles. The van der Waals surface area contributed by atoms with Crippen molar-refractivity contribution in [2.24, 2.45) is 0 Å². The summed E-state index contributed by atoms with van der Waals surface area (Å²) in [6, 6.07) is 88.9. The van der Waals surface area contributed by atoms with Gasteiger partial charge in [0.15, 0.2) is 0 Å². The second-order valence-electron chi connectivity index (χ2n) is 17.8. The molecule has 2 heterocycles. The van der Waals surface area contributed by atoms with Crippen LogP contribution in [0, 0.1) is 0 Å². The Balaban J connectivity index is 0.00000244. The summed E-state index contributed by atoms with van der Waals surface area (Å²) in [5.74, 6) is 0. The second kappa shape index (κ2) is 17.3. The number of benzene rings is 10. The van der Waals surface area contributed by atoms with Gasteiger partial charge in [0.2, 0.25) is 0 Å². The van der Waals surface area contributed by atoms with Gasteiger partial charge in [0.25, 0.3) is 0 Å². The number of hydrogen-bond acceptors (Lipinski definition) is 1. The third kappa shape index (κ3) is 7.41. The predicted octanol–water partition coefficient (Wildman–Crippen LogP) is 18.3. The van der Waals surface area contributed by atoms with E-state index in [1.165, 1.54) is 94.3 Å². The lowest BCUT2D eigenvalue weighted by Gasteiger charge is -2.36. The average Bonchev–Trinajstić information content (AvgIpc) is 3.74. The molecule has 1 aliphatic rings. The Morgan fingerprint density at radius 3 is 1.27 bits per heavy atom. The Morgan fingerprint density at radius 1 is 0.313 bits per heavy atom. The molecule has 2 nitrogen and oxygen atoms in total. The minimum absolute atomic E-state index is 0.247. The summed E-state index contributed by atoms with van der Waals surface area (Å²) in [5, 5.41) is 2.53. The Labute approximate surface area is 394 Å². The number of fused-ring (bicyclic) bond motifs is 5. The van der Waals surface area contributed by atoms with E-state index in [0.717, 1.165) is 17.1 Å². The third-order valence-corrected chi connectivity index (χ3v) is 13.5. The van der Waals surface area contributed by atoms with Crippen LogP contribution in [0.5, 0.6) is 0 Å². The molecule has 0 unspecified atom stereocenters. The predicted molar refractivity (Wildman–Crippen MR) is 286 cm³/mol. The highest BCUT2D eigenvalue weighted by molar-refractivity contribution is 6.13. The maximum Gasteiger partial charge on any atom is 0.0582 e. The molecule has 10 aromatic carbocycles. The fourth-order valence-electron chi connectivity index (χ4n) is 10.3. The lowest BCUT2D eigenvalue weighted by molar-refractivity contribution is 0.630. The highest BCUT2D eigenvalue weighted by Crippen LogP contribution is 2.50. The summed E-state index contributed by atoms with van der Waals surface area (Å²) in [7, 11) is 0. The van der Waals surface area contributed by atoms with E-state index in [0.29, 0.717) is 0 Å². The van der Waals surface area contributed by atoms with Gasteiger partial charge < -0.3 is 9.47 Å². The van der Waals surface area contributed by atoms with E-state index >= 15 is 0 Å². The van der Waals surface area contributed by atoms with Gasteiger partial charge in [0.1, 0.15) is 0 Å². The fraction of sp³-hybridized carbons (Fsp3) is 0.0769. The summed E-state index contributed by atoms with van der Waals surface area (Å²) in [5.41, 5.74) is 21.5. The lowest BCUT2D eigenvalue weighted by atomic mass is 9.74. The molecule has 1 aliphatic heterocycles. The van der Waals surface area contributed by atoms with Crippen LogP contribution in [-0.2, 0) is 5.41 Å². The van der Waals surface area contributed by atoms with E-state index in [4.69, 9.17) is 0 Å². The van der Waals surface area contributed by atoms with E-state index < -0.39 is 0 Å². The van der Waals surface area contributed by atoms with Crippen molar-refractivity contribution < 1.29 is 0 Å². The maximum atomic E-state index is 2.52. The van der Waals surface area contributed by atoms with Crippen molar-refractivity contribution in [3.8, 4) is 61.3 Å². The molecule has 0 atom stereocenters. The van der Waals surface area contributed by atoms with Crippen molar-refractivity contribution in [1.29, 1.82) is 0 Å². The molecule has 0 fully saturated rings. The first-order chi connectivity index (χ1) is 33.0. The minimum atomic E-state index is -0.247. The van der Waals surface area contributed by atoms with Crippen LogP contribution in [-0.4, -0.2) is 4.57 Å². The van der Waals surface area contributed by atoms with E-state index in [9.17, 15) is 0 Å². The lowest BCUT2D eigenvalue weighted by Crippen LogP contribution is -2.26. The van der Waals surface area contributed by atoms with Gasteiger partial charge in [-0.1, -0.05) is 185 Å². The van der Waals surface area contributed by atoms with Gasteiger partial charge >= 0.3 is 0 Å². The van der Waals surface area contributed by atoms with Crippen molar-refractivity contribution in [3.63, 3.8) is 0 Å². The van der Waals surface area contributed by atoms with Crippen LogP contribution < -0.4 is 4.90 Å². The number of hydrogen-bond donors (Lipinski definition) is 0. The second-order valence-corrected chi connectivity index (χ2v) is 17.8. The van der Waals surface area contributed by atoms with Gasteiger partial charge in [-0.15, -0.1) is 0 Å². The molecule has 67 heavy (non-hydrogen) atoms. The van der Waals surface area contributed by atoms with Gasteiger partial charge in [0.05, 0.1) is 16.7 Å². The molecule has 0 aliphatic carbocycles. The van der Waals surface area contributed by atoms with Crippen LogP contribution in [0.3, 0.4) is 0 Å². The van der Waals surface area contributed by atoms with Gasteiger partial charge in [0, 0.05) is 33.2 Å². The van der Waals surface area contributed by atoms with E-state index in [1.807, 2.05) is 13.8 Å². The number of anilines is 3. The Morgan fingerprint density at radius 2 is 0.746 bits per heavy atom. The van der Waals surface area contributed by atoms with Crippen molar-refractivity contribution in [1.82, 2.24) is 4.57 Å². The molecule has 0 spiro atoms. The zero-order chi connectivity index (χ0) is 45.5. The van der Waals surface area contributed by atoms with Crippen LogP contribution in [0.25, 0.3) is 83.1 Å². The molecule has 0 bridgehead atoms. The molecule has 0 saturated heterocycles. The summed E-state index contributed by atoms with van der Waals surface area (Å²) in [6.07, 6.45) is 0. The van der Waals surface area contributed by atoms with Crippen molar-refractivity contribution in [2.45, 2.75) is 33.1 Å². The first-order valence-corrected chi connectivity index (χ1v) is 23.6. The summed E-state index contributed by atoms with van der Waals surface area (Å²) in [4.78, 5) is 2.37. The smallest absolute Gasteiger partial charge is 0.0582 e. The molecule has 11 aromatic rings. The number of para-hydroxylation sites is 3. The summed E-state index contributed by atoms with van der Waals surface area (Å²) in [6.45, 7) is 8.78. The SMILES string of the molecule is CC.CC1(C)c2cc(N(c3ccccc3)c3ccccc3)ccc2-n2c3ccc(-c4cc(-c5cccc(-c6ccccc6)c5)cc(-c5cccc(-c6ccccc6)c5)c4)cc3c3cccc1c32. The van der Waals surface area contributed by atoms with Crippen molar-refractivity contribution >= 4 is 38.9 Å². The molecule has 0 amide bonds. The topological polar surface area (TPSA) is 8.17 Å². The first kappa shape index (κ1) is 41.5. The maximum absolute atomic E-state index is 2.52. The van der Waals surface area contributed by atoms with Crippen LogP contribution in [0.1, 0.15) is 38.8 Å². The molecule has 0 radical (unpaired) electrons. The molecule has 0 N–H and O–H groups in total. The van der Waals surface area contributed by atoms with Gasteiger partial charge in [-0.3, -0.25) is 0 Å². The first-order valence-electron chi connectivity index (χ1n) is 23.6. The summed E-state index contributed by atoms with van der Waals surface area (Å²) >= 11 is 0. The Bertz CT molecular complexity index is 3410. The molecule has 2 heteroatoms. The molecular formula is C65H52N2.